The van der Waals surface area contributed by atoms with Crippen molar-refractivity contribution in [2.75, 3.05) is 26.8 Å². The van der Waals surface area contributed by atoms with Crippen molar-refractivity contribution in [1.29, 1.82) is 0 Å². The summed E-state index contributed by atoms with van der Waals surface area (Å²) in [4.78, 5) is 4.29. The molecule has 4 nitrogen and oxygen atoms in total. The molecule has 23 heavy (non-hydrogen) atoms. The van der Waals surface area contributed by atoms with Crippen molar-refractivity contribution in [3.05, 3.63) is 35.4 Å². The molecule has 0 heterocycles. The van der Waals surface area contributed by atoms with Crippen LogP contribution in [0.5, 0.6) is 0 Å². The lowest BCUT2D eigenvalue weighted by Gasteiger charge is -2.11. The standard InChI is InChI=1S/C15H22F3N3O.HI/c1-3-19-14(20-8-5-9-22-2)21-11-12-6-4-7-13(10-12)15(16,17)18;/h4,6-7,10H,3,5,8-9,11H2,1-2H3,(H2,19,20,21);1H. The van der Waals surface area contributed by atoms with Crippen LogP contribution in [0.3, 0.4) is 0 Å². The van der Waals surface area contributed by atoms with E-state index in [4.69, 9.17) is 4.74 Å². The lowest BCUT2D eigenvalue weighted by molar-refractivity contribution is -0.137. The lowest BCUT2D eigenvalue weighted by Crippen LogP contribution is -2.38. The summed E-state index contributed by atoms with van der Waals surface area (Å²) in [5.41, 5.74) is -0.137. The third-order valence-electron chi connectivity index (χ3n) is 2.84. The summed E-state index contributed by atoms with van der Waals surface area (Å²) in [6.07, 6.45) is -3.51. The van der Waals surface area contributed by atoms with Crippen LogP contribution < -0.4 is 10.6 Å². The number of alkyl halides is 3. The monoisotopic (exact) mass is 445 g/mol. The Morgan fingerprint density at radius 3 is 2.61 bits per heavy atom. The van der Waals surface area contributed by atoms with Crippen LogP contribution in [0.1, 0.15) is 24.5 Å². The van der Waals surface area contributed by atoms with Gasteiger partial charge in [0.05, 0.1) is 12.1 Å². The van der Waals surface area contributed by atoms with Gasteiger partial charge in [0, 0.05) is 26.8 Å². The molecule has 0 aromatic heterocycles. The van der Waals surface area contributed by atoms with E-state index in [1.807, 2.05) is 6.92 Å². The molecule has 0 aliphatic carbocycles. The number of methoxy groups -OCH3 is 1. The average molecular weight is 445 g/mol. The van der Waals surface area contributed by atoms with Gasteiger partial charge in [-0.25, -0.2) is 4.99 Å². The molecule has 0 saturated carbocycles. The Balaban J connectivity index is 0.00000484. The molecule has 1 aromatic rings. The first kappa shape index (κ1) is 22.0. The molecule has 1 rings (SSSR count). The summed E-state index contributed by atoms with van der Waals surface area (Å²) in [6, 6.07) is 5.21. The van der Waals surface area contributed by atoms with Gasteiger partial charge in [0.1, 0.15) is 0 Å². The fourth-order valence-electron chi connectivity index (χ4n) is 1.78. The van der Waals surface area contributed by atoms with Crippen LogP contribution >= 0.6 is 24.0 Å². The minimum Gasteiger partial charge on any atom is -0.385 e. The van der Waals surface area contributed by atoms with Crippen molar-refractivity contribution >= 4 is 29.9 Å². The van der Waals surface area contributed by atoms with Gasteiger partial charge in [0.2, 0.25) is 0 Å². The minimum absolute atomic E-state index is 0. The number of ether oxygens (including phenoxy) is 1. The Labute approximate surface area is 151 Å². The summed E-state index contributed by atoms with van der Waals surface area (Å²) < 4.78 is 42.9. The molecule has 0 unspecified atom stereocenters. The van der Waals surface area contributed by atoms with Crippen molar-refractivity contribution in [3.63, 3.8) is 0 Å². The normalized spacial score (nSPS) is 11.8. The lowest BCUT2D eigenvalue weighted by atomic mass is 10.1. The molecule has 0 spiro atoms. The Hall–Kier alpha value is -1.03. The molecule has 2 N–H and O–H groups in total. The Bertz CT molecular complexity index is 481. The highest BCUT2D eigenvalue weighted by atomic mass is 127. The summed E-state index contributed by atoms with van der Waals surface area (Å²) in [7, 11) is 1.63. The van der Waals surface area contributed by atoms with E-state index in [-0.39, 0.29) is 30.5 Å². The third kappa shape index (κ3) is 8.99. The summed E-state index contributed by atoms with van der Waals surface area (Å²) in [5.74, 6) is 0.580. The zero-order valence-electron chi connectivity index (χ0n) is 13.2. The van der Waals surface area contributed by atoms with Gasteiger partial charge in [-0.1, -0.05) is 12.1 Å². The molecule has 0 bridgehead atoms. The zero-order valence-corrected chi connectivity index (χ0v) is 15.6. The number of benzene rings is 1. The van der Waals surface area contributed by atoms with Crippen molar-refractivity contribution in [1.82, 2.24) is 10.6 Å². The topological polar surface area (TPSA) is 45.7 Å². The van der Waals surface area contributed by atoms with Gasteiger partial charge in [-0.2, -0.15) is 13.2 Å². The summed E-state index contributed by atoms with van der Waals surface area (Å²) >= 11 is 0. The fraction of sp³-hybridized carbons (Fsp3) is 0.533. The van der Waals surface area contributed by atoms with E-state index in [9.17, 15) is 13.2 Å². The summed E-state index contributed by atoms with van der Waals surface area (Å²) in [5, 5.41) is 6.16. The van der Waals surface area contributed by atoms with E-state index in [2.05, 4.69) is 15.6 Å². The zero-order chi connectivity index (χ0) is 16.4. The van der Waals surface area contributed by atoms with Gasteiger partial charge < -0.3 is 15.4 Å². The van der Waals surface area contributed by atoms with Crippen LogP contribution in [0.25, 0.3) is 0 Å². The van der Waals surface area contributed by atoms with E-state index in [1.165, 1.54) is 6.07 Å². The average Bonchev–Trinajstić information content (AvgIpc) is 2.48. The first-order valence-electron chi connectivity index (χ1n) is 7.14. The first-order valence-corrected chi connectivity index (χ1v) is 7.14. The second-order valence-corrected chi connectivity index (χ2v) is 4.67. The number of rotatable bonds is 7. The van der Waals surface area contributed by atoms with Crippen LogP contribution in [-0.2, 0) is 17.5 Å². The van der Waals surface area contributed by atoms with Gasteiger partial charge in [-0.05, 0) is 31.0 Å². The van der Waals surface area contributed by atoms with E-state index in [0.717, 1.165) is 18.6 Å². The van der Waals surface area contributed by atoms with Crippen molar-refractivity contribution < 1.29 is 17.9 Å². The maximum atomic E-state index is 12.7. The quantitative estimate of drug-likeness (QED) is 0.293. The van der Waals surface area contributed by atoms with Gasteiger partial charge in [-0.3, -0.25) is 0 Å². The number of hydrogen-bond donors (Lipinski definition) is 2. The molecule has 1 aromatic carbocycles. The minimum atomic E-state index is -4.33. The third-order valence-corrected chi connectivity index (χ3v) is 2.84. The second kappa shape index (κ2) is 11.5. The molecule has 0 aliphatic heterocycles. The molecular formula is C15H23F3IN3O. The highest BCUT2D eigenvalue weighted by Crippen LogP contribution is 2.29. The van der Waals surface area contributed by atoms with Gasteiger partial charge in [0.15, 0.2) is 5.96 Å². The van der Waals surface area contributed by atoms with Crippen molar-refractivity contribution in [2.45, 2.75) is 26.1 Å². The predicted molar refractivity (Wildman–Crippen MR) is 96.2 cm³/mol. The molecule has 0 saturated heterocycles. The van der Waals surface area contributed by atoms with Crippen LogP contribution in [0.4, 0.5) is 13.2 Å². The van der Waals surface area contributed by atoms with E-state index in [1.54, 1.807) is 13.2 Å². The van der Waals surface area contributed by atoms with Crippen LogP contribution in [0.2, 0.25) is 0 Å². The number of halogens is 4. The molecule has 0 fully saturated rings. The van der Waals surface area contributed by atoms with Gasteiger partial charge in [-0.15, -0.1) is 24.0 Å². The van der Waals surface area contributed by atoms with Crippen LogP contribution in [0, 0.1) is 0 Å². The maximum Gasteiger partial charge on any atom is 0.416 e. The molecule has 0 aliphatic rings. The molecule has 8 heteroatoms. The maximum absolute atomic E-state index is 12.7. The number of nitrogens with one attached hydrogen (secondary N) is 2. The Morgan fingerprint density at radius 1 is 1.26 bits per heavy atom. The predicted octanol–water partition coefficient (Wildman–Crippen LogP) is 3.42. The summed E-state index contributed by atoms with van der Waals surface area (Å²) in [6.45, 7) is 4.11. The SMILES string of the molecule is CCNC(=NCc1cccc(C(F)(F)F)c1)NCCCOC.I. The second-order valence-electron chi connectivity index (χ2n) is 4.67. The Morgan fingerprint density at radius 2 is 2.00 bits per heavy atom. The van der Waals surface area contributed by atoms with Gasteiger partial charge in [0.25, 0.3) is 0 Å². The van der Waals surface area contributed by atoms with Crippen molar-refractivity contribution in [2.24, 2.45) is 4.99 Å². The van der Waals surface area contributed by atoms with Crippen LogP contribution in [0.15, 0.2) is 29.3 Å². The van der Waals surface area contributed by atoms with E-state index < -0.39 is 11.7 Å². The number of hydrogen-bond acceptors (Lipinski definition) is 2. The van der Waals surface area contributed by atoms with E-state index in [0.29, 0.717) is 31.2 Å². The fourth-order valence-corrected chi connectivity index (χ4v) is 1.78. The van der Waals surface area contributed by atoms with Crippen molar-refractivity contribution in [3.8, 4) is 0 Å². The number of guanidine groups is 1. The number of nitrogens with zero attached hydrogens (tertiary/aromatic N) is 1. The molecule has 0 radical (unpaired) electrons. The smallest absolute Gasteiger partial charge is 0.385 e. The molecule has 132 valence electrons. The Kier molecular flexibility index (Phi) is 11.0. The van der Waals surface area contributed by atoms with E-state index >= 15 is 0 Å². The first-order chi connectivity index (χ1) is 10.5. The van der Waals surface area contributed by atoms with Crippen LogP contribution in [-0.4, -0.2) is 32.8 Å². The molecule has 0 atom stereocenters. The largest absolute Gasteiger partial charge is 0.416 e. The van der Waals surface area contributed by atoms with Gasteiger partial charge >= 0.3 is 6.18 Å². The molecule has 0 amide bonds. The highest BCUT2D eigenvalue weighted by molar-refractivity contribution is 14.0. The highest BCUT2D eigenvalue weighted by Gasteiger charge is 2.30. The molecular weight excluding hydrogens is 422 g/mol. The number of aliphatic imine (C=N–C) groups is 1.